The van der Waals surface area contributed by atoms with Crippen molar-refractivity contribution >= 4 is 16.8 Å². The highest BCUT2D eigenvalue weighted by Crippen LogP contribution is 2.24. The normalized spacial score (nSPS) is 14.0. The Balaban J connectivity index is 0.000000803. The second kappa shape index (κ2) is 15.3. The lowest BCUT2D eigenvalue weighted by Crippen LogP contribution is -2.35. The van der Waals surface area contributed by atoms with Gasteiger partial charge in [-0.1, -0.05) is 44.2 Å². The van der Waals surface area contributed by atoms with Crippen molar-refractivity contribution in [2.45, 2.75) is 46.1 Å². The van der Waals surface area contributed by atoms with Crippen molar-refractivity contribution in [2.75, 3.05) is 33.9 Å². The van der Waals surface area contributed by atoms with E-state index in [4.69, 9.17) is 5.84 Å². The molecule has 4 rings (SSSR count). The van der Waals surface area contributed by atoms with Crippen LogP contribution in [0.2, 0.25) is 0 Å². The van der Waals surface area contributed by atoms with Crippen LogP contribution in [0.1, 0.15) is 49.0 Å². The number of carbonyl (C=O) groups excluding carboxylic acids is 1. The summed E-state index contributed by atoms with van der Waals surface area (Å²) in [5.41, 5.74) is 5.15. The summed E-state index contributed by atoms with van der Waals surface area (Å²) in [4.78, 5) is 14.6. The maximum atomic E-state index is 13.1. The topological polar surface area (TPSA) is 72.5 Å². The molecule has 1 fully saturated rings. The van der Waals surface area contributed by atoms with E-state index in [9.17, 15) is 9.18 Å². The van der Waals surface area contributed by atoms with Crippen LogP contribution in [0.5, 0.6) is 0 Å². The number of halogens is 1. The molecule has 2 aromatic carbocycles. The zero-order chi connectivity index (χ0) is 25.6. The van der Waals surface area contributed by atoms with Crippen LogP contribution in [0.3, 0.4) is 0 Å². The molecule has 0 bridgehead atoms. The maximum absolute atomic E-state index is 13.1. The molecule has 1 saturated heterocycles. The Morgan fingerprint density at radius 2 is 1.69 bits per heavy atom. The Labute approximate surface area is 209 Å². The van der Waals surface area contributed by atoms with Gasteiger partial charge in [0.25, 0.3) is 5.91 Å². The smallest absolute Gasteiger partial charge is 0.267 e. The van der Waals surface area contributed by atoms with Gasteiger partial charge in [0, 0.05) is 37.9 Å². The highest BCUT2D eigenvalue weighted by molar-refractivity contribution is 6.06. The number of carbonyl (C=O) groups is 1. The van der Waals surface area contributed by atoms with Crippen LogP contribution in [0.25, 0.3) is 10.9 Å². The Bertz CT molecular complexity index is 1010. The van der Waals surface area contributed by atoms with Crippen molar-refractivity contribution in [2.24, 2.45) is 11.8 Å². The van der Waals surface area contributed by atoms with Gasteiger partial charge in [-0.05, 0) is 75.0 Å². The number of aromatic nitrogens is 1. The lowest BCUT2D eigenvalue weighted by atomic mass is 9.90. The highest BCUT2D eigenvalue weighted by Gasteiger charge is 2.19. The molecule has 3 N–H and O–H groups in total. The summed E-state index contributed by atoms with van der Waals surface area (Å²) in [7, 11) is 3.25. The van der Waals surface area contributed by atoms with Gasteiger partial charge in [-0.25, -0.2) is 10.2 Å². The van der Waals surface area contributed by atoms with Gasteiger partial charge in [-0.15, -0.1) is 0 Å². The van der Waals surface area contributed by atoms with Gasteiger partial charge in [0.15, 0.2) is 0 Å². The largest absolute Gasteiger partial charge is 0.388 e. The quantitative estimate of drug-likeness (QED) is 0.281. The summed E-state index contributed by atoms with van der Waals surface area (Å²) in [6.45, 7) is 8.14. The second-order valence-corrected chi connectivity index (χ2v) is 8.60. The zero-order valence-electron chi connectivity index (χ0n) is 21.6. The van der Waals surface area contributed by atoms with Gasteiger partial charge in [0.1, 0.15) is 5.82 Å². The highest BCUT2D eigenvalue weighted by atomic mass is 19.1. The van der Waals surface area contributed by atoms with E-state index in [1.807, 2.05) is 56.4 Å². The third-order valence-corrected chi connectivity index (χ3v) is 6.18. The molecule has 2 heterocycles. The molecule has 1 aromatic heterocycles. The predicted octanol–water partition coefficient (Wildman–Crippen LogP) is 5.02. The third-order valence-electron chi connectivity index (χ3n) is 6.18. The first-order chi connectivity index (χ1) is 17.0. The van der Waals surface area contributed by atoms with Gasteiger partial charge in [0.05, 0.1) is 5.56 Å². The number of ether oxygens (including phenoxy) is 1. The lowest BCUT2D eigenvalue weighted by Gasteiger charge is -2.32. The summed E-state index contributed by atoms with van der Waals surface area (Å²) < 4.78 is 19.5. The number of hydrogen-bond donors (Lipinski definition) is 2. The van der Waals surface area contributed by atoms with E-state index < -0.39 is 0 Å². The van der Waals surface area contributed by atoms with Gasteiger partial charge < -0.3 is 14.2 Å². The molecule has 0 unspecified atom stereocenters. The zero-order valence-corrected chi connectivity index (χ0v) is 21.6. The molecule has 0 aliphatic carbocycles. The van der Waals surface area contributed by atoms with Gasteiger partial charge in [-0.2, -0.15) is 0 Å². The molecule has 192 valence electrons. The number of amides is 1. The number of fused-ring (bicyclic) bond motifs is 1. The molecule has 0 radical (unpaired) electrons. The van der Waals surface area contributed by atoms with Crippen LogP contribution in [0.15, 0.2) is 54.7 Å². The molecular formula is C28H41FN4O2. The molecule has 6 nitrogen and oxygen atoms in total. The maximum Gasteiger partial charge on any atom is 0.267 e. The van der Waals surface area contributed by atoms with Gasteiger partial charge in [-0.3, -0.25) is 10.2 Å². The molecule has 1 aliphatic rings. The second-order valence-electron chi connectivity index (χ2n) is 8.60. The summed E-state index contributed by atoms with van der Waals surface area (Å²) in [6, 6.07) is 14.9. The van der Waals surface area contributed by atoms with Crippen molar-refractivity contribution in [3.63, 3.8) is 0 Å². The minimum Gasteiger partial charge on any atom is -0.388 e. The molecule has 7 heteroatoms. The number of hydrazine groups is 1. The number of nitrogens with zero attached hydrogens (tertiary/aromatic N) is 2. The van der Waals surface area contributed by atoms with Crippen LogP contribution in [0, 0.1) is 11.7 Å². The van der Waals surface area contributed by atoms with Crippen molar-refractivity contribution in [3.8, 4) is 0 Å². The fourth-order valence-corrected chi connectivity index (χ4v) is 4.52. The number of nitrogens with two attached hydrogens (primary N) is 1. The molecule has 3 aromatic rings. The molecule has 0 spiro atoms. The monoisotopic (exact) mass is 484 g/mol. The third kappa shape index (κ3) is 8.46. The van der Waals surface area contributed by atoms with E-state index in [-0.39, 0.29) is 11.7 Å². The van der Waals surface area contributed by atoms with E-state index in [1.165, 1.54) is 18.4 Å². The van der Waals surface area contributed by atoms with Crippen molar-refractivity contribution in [1.82, 2.24) is 14.9 Å². The first-order valence-electron chi connectivity index (χ1n) is 12.5. The number of hydrogen-bond acceptors (Lipinski definition) is 4. The summed E-state index contributed by atoms with van der Waals surface area (Å²) in [6.07, 6.45) is 6.34. The molecule has 35 heavy (non-hydrogen) atoms. The van der Waals surface area contributed by atoms with Crippen LogP contribution in [-0.2, 0) is 17.7 Å². The number of para-hydroxylation sites is 1. The number of benzene rings is 2. The van der Waals surface area contributed by atoms with Crippen molar-refractivity contribution in [3.05, 3.63) is 71.7 Å². The number of likely N-dealkylation sites (tertiary alicyclic amines) is 1. The molecule has 0 atom stereocenters. The molecule has 1 amide bonds. The summed E-state index contributed by atoms with van der Waals surface area (Å²) in [5, 5.41) is 0.932. The number of nitrogen functional groups attached to an aromatic ring is 1. The summed E-state index contributed by atoms with van der Waals surface area (Å²) in [5.74, 6) is 5.59. The summed E-state index contributed by atoms with van der Waals surface area (Å²) >= 11 is 0. The first-order valence-corrected chi connectivity index (χ1v) is 12.5. The van der Waals surface area contributed by atoms with Crippen LogP contribution < -0.4 is 11.3 Å². The van der Waals surface area contributed by atoms with Crippen LogP contribution in [-0.4, -0.2) is 49.2 Å². The van der Waals surface area contributed by atoms with E-state index in [0.717, 1.165) is 49.9 Å². The standard InChI is InChI=1S/C24H29FN4O.C2H6O.C2H6/c25-20-8-6-18(7-9-20)16-19-10-14-28(15-11-19)12-3-13-29-17-22(24(30)27-26)21-4-1-2-5-23(21)29;1-3-2;1-2/h1-2,4-9,17,19H,3,10-16,26H2,(H,27,30);1-2H3;1-2H3. The number of rotatable bonds is 7. The molecule has 0 saturated carbocycles. The van der Waals surface area contributed by atoms with Crippen molar-refractivity contribution < 1.29 is 13.9 Å². The van der Waals surface area contributed by atoms with Crippen LogP contribution >= 0.6 is 0 Å². The number of aryl methyl sites for hydroxylation is 1. The van der Waals surface area contributed by atoms with E-state index >= 15 is 0 Å². The average Bonchev–Trinajstić information content (AvgIpc) is 3.26. The molecule has 1 aliphatic heterocycles. The first kappa shape index (κ1) is 28.5. The predicted molar refractivity (Wildman–Crippen MR) is 142 cm³/mol. The SMILES string of the molecule is CC.COC.NNC(=O)c1cn(CCCN2CCC(Cc3ccc(F)cc3)CC2)c2ccccc12. The minimum absolute atomic E-state index is 0.167. The van der Waals surface area contributed by atoms with Crippen LogP contribution in [0.4, 0.5) is 4.39 Å². The Morgan fingerprint density at radius 3 is 2.31 bits per heavy atom. The average molecular weight is 485 g/mol. The van der Waals surface area contributed by atoms with Gasteiger partial charge in [0.2, 0.25) is 0 Å². The van der Waals surface area contributed by atoms with E-state index in [1.54, 1.807) is 26.4 Å². The fourth-order valence-electron chi connectivity index (χ4n) is 4.52. The minimum atomic E-state index is -0.256. The van der Waals surface area contributed by atoms with E-state index in [2.05, 4.69) is 19.6 Å². The Morgan fingerprint density at radius 1 is 1.06 bits per heavy atom. The number of nitrogens with one attached hydrogen (secondary N) is 1. The number of methoxy groups -OCH3 is 1. The Hall–Kier alpha value is -2.74. The lowest BCUT2D eigenvalue weighted by molar-refractivity contribution is 0.0955. The van der Waals surface area contributed by atoms with E-state index in [0.29, 0.717) is 11.5 Å². The fraction of sp³-hybridized carbons (Fsp3) is 0.464. The number of piperidine rings is 1. The van der Waals surface area contributed by atoms with Crippen molar-refractivity contribution in [1.29, 1.82) is 0 Å². The van der Waals surface area contributed by atoms with Gasteiger partial charge >= 0.3 is 0 Å². The Kier molecular flexibility index (Phi) is 12.5. The molecular weight excluding hydrogens is 443 g/mol.